The lowest BCUT2D eigenvalue weighted by Gasteiger charge is -2.17. The monoisotopic (exact) mass is 342 g/mol. The van der Waals surface area contributed by atoms with Crippen molar-refractivity contribution in [2.75, 3.05) is 13.1 Å². The van der Waals surface area contributed by atoms with Crippen molar-refractivity contribution in [1.82, 2.24) is 30.1 Å². The highest BCUT2D eigenvalue weighted by Gasteiger charge is 2.28. The Balaban J connectivity index is 1.45. The quantitative estimate of drug-likeness (QED) is 0.713. The number of hydrogen-bond acceptors (Lipinski definition) is 7. The lowest BCUT2D eigenvalue weighted by molar-refractivity contribution is 0.0772. The number of likely N-dealkylation sites (tertiary alicyclic amines) is 1. The number of thiazole rings is 1. The second-order valence-corrected chi connectivity index (χ2v) is 6.24. The van der Waals surface area contributed by atoms with Crippen LogP contribution in [0, 0.1) is 0 Å². The molecule has 9 heteroatoms. The summed E-state index contributed by atoms with van der Waals surface area (Å²) in [6, 6.07) is 7.26. The molecule has 0 saturated carbocycles. The van der Waals surface area contributed by atoms with Crippen molar-refractivity contribution in [3.8, 4) is 10.9 Å². The van der Waals surface area contributed by atoms with E-state index in [0.29, 0.717) is 23.8 Å². The molecule has 0 N–H and O–H groups in total. The molecule has 1 aliphatic heterocycles. The van der Waals surface area contributed by atoms with Gasteiger partial charge in [0.1, 0.15) is 12.4 Å². The van der Waals surface area contributed by atoms with Crippen LogP contribution in [0.15, 0.2) is 42.2 Å². The topological polar surface area (TPSA) is 86.0 Å². The molecule has 0 spiro atoms. The highest BCUT2D eigenvalue weighted by Crippen LogP contribution is 2.22. The van der Waals surface area contributed by atoms with Crippen LogP contribution in [0.4, 0.5) is 0 Å². The largest absolute Gasteiger partial charge is 0.465 e. The minimum Gasteiger partial charge on any atom is -0.465 e. The van der Waals surface area contributed by atoms with Gasteiger partial charge in [0.15, 0.2) is 0 Å². The van der Waals surface area contributed by atoms with Gasteiger partial charge < -0.3 is 9.64 Å². The molecule has 1 aromatic carbocycles. The van der Waals surface area contributed by atoms with Crippen molar-refractivity contribution in [3.63, 3.8) is 0 Å². The Morgan fingerprint density at radius 2 is 2.33 bits per heavy atom. The Labute approximate surface area is 141 Å². The average molecular weight is 342 g/mol. The van der Waals surface area contributed by atoms with Crippen LogP contribution in [0.25, 0.3) is 5.69 Å². The van der Waals surface area contributed by atoms with E-state index >= 15 is 0 Å². The van der Waals surface area contributed by atoms with Gasteiger partial charge in [0.25, 0.3) is 11.1 Å². The Kier molecular flexibility index (Phi) is 3.91. The van der Waals surface area contributed by atoms with E-state index in [4.69, 9.17) is 4.74 Å². The Bertz CT molecular complexity index is 820. The molecule has 24 heavy (non-hydrogen) atoms. The van der Waals surface area contributed by atoms with E-state index in [0.717, 1.165) is 12.1 Å². The van der Waals surface area contributed by atoms with E-state index in [1.165, 1.54) is 22.3 Å². The molecule has 0 aliphatic carbocycles. The molecular formula is C15H14N6O2S. The smallest absolute Gasteiger partial charge is 0.273 e. The van der Waals surface area contributed by atoms with E-state index in [2.05, 4.69) is 20.5 Å². The summed E-state index contributed by atoms with van der Waals surface area (Å²) in [4.78, 5) is 18.6. The fraction of sp³-hybridized carbons (Fsp3) is 0.267. The van der Waals surface area contributed by atoms with Crippen LogP contribution in [0.3, 0.4) is 0 Å². The standard InChI is InChI=1S/C15H14N6O2S/c22-14(11-2-1-3-12(8-11)21-10-17-18-19-21)20-6-4-13(9-20)23-15-16-5-7-24-15/h1-3,5,7-8,10,13H,4,6,9H2. The van der Waals surface area contributed by atoms with Crippen molar-refractivity contribution >= 4 is 17.2 Å². The maximum atomic E-state index is 12.7. The molecule has 0 bridgehead atoms. The molecule has 1 fully saturated rings. The Morgan fingerprint density at radius 1 is 1.38 bits per heavy atom. The Morgan fingerprint density at radius 3 is 3.12 bits per heavy atom. The number of benzene rings is 1. The normalized spacial score (nSPS) is 17.2. The molecule has 4 rings (SSSR count). The molecule has 1 amide bonds. The molecule has 3 heterocycles. The zero-order valence-electron chi connectivity index (χ0n) is 12.6. The molecule has 1 aliphatic rings. The summed E-state index contributed by atoms with van der Waals surface area (Å²) in [5, 5.41) is 13.6. The molecule has 0 radical (unpaired) electrons. The molecule has 1 saturated heterocycles. The van der Waals surface area contributed by atoms with E-state index in [9.17, 15) is 4.79 Å². The van der Waals surface area contributed by atoms with Gasteiger partial charge in [0.2, 0.25) is 0 Å². The van der Waals surface area contributed by atoms with Gasteiger partial charge in [0.05, 0.1) is 12.2 Å². The average Bonchev–Trinajstić information content (AvgIpc) is 3.37. The van der Waals surface area contributed by atoms with Crippen LogP contribution in [0.5, 0.6) is 5.19 Å². The molecule has 1 unspecified atom stereocenters. The van der Waals surface area contributed by atoms with Crippen LogP contribution >= 0.6 is 11.3 Å². The SMILES string of the molecule is O=C(c1cccc(-n2cnnn2)c1)N1CCC(Oc2nccs2)C1. The number of ether oxygens (including phenoxy) is 1. The van der Waals surface area contributed by atoms with Crippen LogP contribution in [0.2, 0.25) is 0 Å². The summed E-state index contributed by atoms with van der Waals surface area (Å²) in [5.74, 6) is -0.0184. The zero-order valence-corrected chi connectivity index (χ0v) is 13.5. The van der Waals surface area contributed by atoms with Gasteiger partial charge >= 0.3 is 0 Å². The molecule has 2 aromatic heterocycles. The van der Waals surface area contributed by atoms with Gasteiger partial charge in [-0.05, 0) is 28.6 Å². The third kappa shape index (κ3) is 2.98. The highest BCUT2D eigenvalue weighted by molar-refractivity contribution is 7.11. The summed E-state index contributed by atoms with van der Waals surface area (Å²) in [6.45, 7) is 1.23. The lowest BCUT2D eigenvalue weighted by atomic mass is 10.2. The first-order valence-corrected chi connectivity index (χ1v) is 8.36. The third-order valence-corrected chi connectivity index (χ3v) is 4.48. The first kappa shape index (κ1) is 14.8. The summed E-state index contributed by atoms with van der Waals surface area (Å²) < 4.78 is 7.32. The van der Waals surface area contributed by atoms with Gasteiger partial charge in [0, 0.05) is 30.1 Å². The van der Waals surface area contributed by atoms with E-state index in [1.54, 1.807) is 23.2 Å². The van der Waals surface area contributed by atoms with Crippen LogP contribution < -0.4 is 4.74 Å². The third-order valence-electron chi connectivity index (χ3n) is 3.82. The number of carbonyl (C=O) groups is 1. The molecule has 3 aromatic rings. The predicted octanol–water partition coefficient (Wildman–Crippen LogP) is 1.41. The number of nitrogens with zero attached hydrogens (tertiary/aromatic N) is 6. The minimum absolute atomic E-state index is 0.0113. The summed E-state index contributed by atoms with van der Waals surface area (Å²) in [6.07, 6.45) is 4.00. The maximum Gasteiger partial charge on any atom is 0.273 e. The number of hydrogen-bond donors (Lipinski definition) is 0. The maximum absolute atomic E-state index is 12.7. The second-order valence-electron chi connectivity index (χ2n) is 5.38. The van der Waals surface area contributed by atoms with Crippen molar-refractivity contribution in [2.24, 2.45) is 0 Å². The molecular weight excluding hydrogens is 328 g/mol. The predicted molar refractivity (Wildman–Crippen MR) is 86.2 cm³/mol. The van der Waals surface area contributed by atoms with Crippen molar-refractivity contribution in [1.29, 1.82) is 0 Å². The second kappa shape index (κ2) is 6.36. The van der Waals surface area contributed by atoms with Gasteiger partial charge in [-0.15, -0.1) is 5.10 Å². The zero-order chi connectivity index (χ0) is 16.4. The van der Waals surface area contributed by atoms with E-state index < -0.39 is 0 Å². The fourth-order valence-corrected chi connectivity index (χ4v) is 3.22. The first-order valence-electron chi connectivity index (χ1n) is 7.48. The first-order chi connectivity index (χ1) is 11.8. The summed E-state index contributed by atoms with van der Waals surface area (Å²) in [5.41, 5.74) is 1.36. The van der Waals surface area contributed by atoms with E-state index in [1.807, 2.05) is 17.5 Å². The Hall–Kier alpha value is -2.81. The van der Waals surface area contributed by atoms with Crippen LogP contribution in [-0.4, -0.2) is 55.2 Å². The van der Waals surface area contributed by atoms with E-state index in [-0.39, 0.29) is 12.0 Å². The number of aromatic nitrogens is 5. The lowest BCUT2D eigenvalue weighted by Crippen LogP contribution is -2.31. The van der Waals surface area contributed by atoms with Crippen LogP contribution in [-0.2, 0) is 0 Å². The van der Waals surface area contributed by atoms with Crippen molar-refractivity contribution < 1.29 is 9.53 Å². The number of tetrazole rings is 1. The van der Waals surface area contributed by atoms with Gasteiger partial charge in [-0.25, -0.2) is 9.67 Å². The number of rotatable bonds is 4. The van der Waals surface area contributed by atoms with Gasteiger partial charge in [-0.1, -0.05) is 17.4 Å². The van der Waals surface area contributed by atoms with Crippen LogP contribution in [0.1, 0.15) is 16.8 Å². The van der Waals surface area contributed by atoms with Crippen molar-refractivity contribution in [2.45, 2.75) is 12.5 Å². The highest BCUT2D eigenvalue weighted by atomic mass is 32.1. The molecule has 8 nitrogen and oxygen atoms in total. The minimum atomic E-state index is -0.0184. The van der Waals surface area contributed by atoms with Crippen molar-refractivity contribution in [3.05, 3.63) is 47.7 Å². The van der Waals surface area contributed by atoms with Gasteiger partial charge in [-0.3, -0.25) is 4.79 Å². The summed E-state index contributed by atoms with van der Waals surface area (Å²) in [7, 11) is 0. The number of carbonyl (C=O) groups excluding carboxylic acids is 1. The molecule has 122 valence electrons. The number of amides is 1. The fourth-order valence-electron chi connectivity index (χ4n) is 2.66. The summed E-state index contributed by atoms with van der Waals surface area (Å²) >= 11 is 1.46. The molecule has 1 atom stereocenters. The van der Waals surface area contributed by atoms with Gasteiger partial charge in [-0.2, -0.15) is 0 Å².